The number of hydrogen-bond donors (Lipinski definition) is 1. The average molecular weight is 204 g/mol. The largest absolute Gasteiger partial charge is 0.484 e. The molecule has 1 N–H and O–H groups in total. The molecular weight excluding hydrogens is 192 g/mol. The van der Waals surface area contributed by atoms with E-state index in [4.69, 9.17) is 10.00 Å². The van der Waals surface area contributed by atoms with Crippen molar-refractivity contribution in [2.75, 3.05) is 13.2 Å². The highest BCUT2D eigenvalue weighted by Crippen LogP contribution is 2.10. The quantitative estimate of drug-likeness (QED) is 0.798. The lowest BCUT2D eigenvalue weighted by atomic mass is 10.2. The van der Waals surface area contributed by atoms with Crippen molar-refractivity contribution in [3.05, 3.63) is 29.8 Å². The Morgan fingerprint density at radius 2 is 2.13 bits per heavy atom. The van der Waals surface area contributed by atoms with Crippen LogP contribution in [-0.4, -0.2) is 19.1 Å². The highest BCUT2D eigenvalue weighted by atomic mass is 16.5. The number of nitriles is 1. The minimum atomic E-state index is -0.151. The molecule has 0 unspecified atom stereocenters. The van der Waals surface area contributed by atoms with Crippen molar-refractivity contribution in [3.63, 3.8) is 0 Å². The zero-order valence-electron chi connectivity index (χ0n) is 8.49. The molecule has 0 aliphatic rings. The van der Waals surface area contributed by atoms with Gasteiger partial charge in [-0.1, -0.05) is 0 Å². The van der Waals surface area contributed by atoms with E-state index in [1.165, 1.54) is 0 Å². The SMILES string of the molecule is CCNC(=O)COc1ccc(C#N)cc1. The monoisotopic (exact) mass is 204 g/mol. The maximum atomic E-state index is 11.1. The number of nitrogens with zero attached hydrogens (tertiary/aromatic N) is 1. The van der Waals surface area contributed by atoms with Crippen LogP contribution in [0.25, 0.3) is 0 Å². The molecule has 0 aliphatic carbocycles. The van der Waals surface area contributed by atoms with Gasteiger partial charge in [0, 0.05) is 6.54 Å². The molecule has 0 heterocycles. The van der Waals surface area contributed by atoms with Gasteiger partial charge in [-0.15, -0.1) is 0 Å². The van der Waals surface area contributed by atoms with Crippen LogP contribution in [0.5, 0.6) is 5.75 Å². The van der Waals surface area contributed by atoms with E-state index in [9.17, 15) is 4.79 Å². The van der Waals surface area contributed by atoms with Gasteiger partial charge >= 0.3 is 0 Å². The van der Waals surface area contributed by atoms with Gasteiger partial charge in [0.25, 0.3) is 5.91 Å². The Morgan fingerprint density at radius 3 is 2.67 bits per heavy atom. The number of hydrogen-bond acceptors (Lipinski definition) is 3. The van der Waals surface area contributed by atoms with Crippen LogP contribution in [-0.2, 0) is 4.79 Å². The van der Waals surface area contributed by atoms with E-state index in [2.05, 4.69) is 5.32 Å². The molecule has 78 valence electrons. The Kier molecular flexibility index (Phi) is 4.17. The first kappa shape index (κ1) is 11.1. The number of ether oxygens (including phenoxy) is 1. The summed E-state index contributed by atoms with van der Waals surface area (Å²) in [6.07, 6.45) is 0. The number of rotatable bonds is 4. The third-order valence-corrected chi connectivity index (χ3v) is 1.73. The first-order valence-electron chi connectivity index (χ1n) is 4.66. The Balaban J connectivity index is 2.45. The molecule has 4 nitrogen and oxygen atoms in total. The summed E-state index contributed by atoms with van der Waals surface area (Å²) < 4.78 is 5.20. The van der Waals surface area contributed by atoms with E-state index in [1.807, 2.05) is 13.0 Å². The molecule has 1 aromatic carbocycles. The van der Waals surface area contributed by atoms with E-state index < -0.39 is 0 Å². The minimum absolute atomic E-state index is 0.000258. The molecule has 0 fully saturated rings. The maximum absolute atomic E-state index is 11.1. The third kappa shape index (κ3) is 3.69. The van der Waals surface area contributed by atoms with Gasteiger partial charge in [0.15, 0.2) is 6.61 Å². The second-order valence-electron chi connectivity index (χ2n) is 2.88. The molecule has 1 rings (SSSR count). The average Bonchev–Trinajstić information content (AvgIpc) is 2.27. The predicted molar refractivity (Wildman–Crippen MR) is 55.3 cm³/mol. The first-order chi connectivity index (χ1) is 7.26. The van der Waals surface area contributed by atoms with E-state index in [0.717, 1.165) is 0 Å². The van der Waals surface area contributed by atoms with Gasteiger partial charge in [0.05, 0.1) is 11.6 Å². The normalized spacial score (nSPS) is 9.07. The van der Waals surface area contributed by atoms with Gasteiger partial charge in [0.2, 0.25) is 0 Å². The summed E-state index contributed by atoms with van der Waals surface area (Å²) in [6.45, 7) is 2.44. The van der Waals surface area contributed by atoms with E-state index in [1.54, 1.807) is 24.3 Å². The zero-order chi connectivity index (χ0) is 11.1. The van der Waals surface area contributed by atoms with Gasteiger partial charge in [-0.05, 0) is 31.2 Å². The minimum Gasteiger partial charge on any atom is -0.484 e. The van der Waals surface area contributed by atoms with E-state index >= 15 is 0 Å². The number of benzene rings is 1. The van der Waals surface area contributed by atoms with E-state index in [0.29, 0.717) is 17.9 Å². The zero-order valence-corrected chi connectivity index (χ0v) is 8.49. The van der Waals surface area contributed by atoms with Crippen molar-refractivity contribution in [2.45, 2.75) is 6.92 Å². The van der Waals surface area contributed by atoms with Crippen molar-refractivity contribution < 1.29 is 9.53 Å². The summed E-state index contributed by atoms with van der Waals surface area (Å²) in [6, 6.07) is 8.63. The lowest BCUT2D eigenvalue weighted by molar-refractivity contribution is -0.122. The number of likely N-dealkylation sites (N-methyl/N-ethyl adjacent to an activating group) is 1. The molecule has 0 saturated heterocycles. The van der Waals surface area contributed by atoms with Crippen molar-refractivity contribution >= 4 is 5.91 Å². The summed E-state index contributed by atoms with van der Waals surface area (Å²) in [5.74, 6) is 0.433. The fourth-order valence-electron chi connectivity index (χ4n) is 1.02. The van der Waals surface area contributed by atoms with Gasteiger partial charge in [0.1, 0.15) is 5.75 Å². The van der Waals surface area contributed by atoms with Crippen LogP contribution in [0.15, 0.2) is 24.3 Å². The van der Waals surface area contributed by atoms with Crippen LogP contribution >= 0.6 is 0 Å². The van der Waals surface area contributed by atoms with Crippen LogP contribution in [0.1, 0.15) is 12.5 Å². The molecule has 1 aromatic rings. The van der Waals surface area contributed by atoms with Crippen LogP contribution in [0, 0.1) is 11.3 Å². The van der Waals surface area contributed by atoms with Crippen LogP contribution in [0.3, 0.4) is 0 Å². The molecule has 0 atom stereocenters. The third-order valence-electron chi connectivity index (χ3n) is 1.73. The fourth-order valence-corrected chi connectivity index (χ4v) is 1.02. The topological polar surface area (TPSA) is 62.1 Å². The Hall–Kier alpha value is -2.02. The predicted octanol–water partition coefficient (Wildman–Crippen LogP) is 1.07. The lowest BCUT2D eigenvalue weighted by Gasteiger charge is -2.05. The molecule has 0 aromatic heterocycles. The number of carbonyl (C=O) groups excluding carboxylic acids is 1. The molecular formula is C11H12N2O2. The van der Waals surface area contributed by atoms with Crippen molar-refractivity contribution in [3.8, 4) is 11.8 Å². The summed E-state index contributed by atoms with van der Waals surface area (Å²) in [5.41, 5.74) is 0.570. The Labute approximate surface area is 88.5 Å². The van der Waals surface area contributed by atoms with Crippen LogP contribution in [0.2, 0.25) is 0 Å². The molecule has 0 spiro atoms. The fraction of sp³-hybridized carbons (Fsp3) is 0.273. The van der Waals surface area contributed by atoms with Gasteiger partial charge in [-0.2, -0.15) is 5.26 Å². The van der Waals surface area contributed by atoms with E-state index in [-0.39, 0.29) is 12.5 Å². The highest BCUT2D eigenvalue weighted by Gasteiger charge is 2.00. The van der Waals surface area contributed by atoms with Crippen LogP contribution in [0.4, 0.5) is 0 Å². The molecule has 15 heavy (non-hydrogen) atoms. The second-order valence-corrected chi connectivity index (χ2v) is 2.88. The molecule has 4 heteroatoms. The summed E-state index contributed by atoms with van der Waals surface area (Å²) in [5, 5.41) is 11.2. The Bertz CT molecular complexity index is 365. The molecule has 0 radical (unpaired) electrons. The summed E-state index contributed by atoms with van der Waals surface area (Å²) in [7, 11) is 0. The summed E-state index contributed by atoms with van der Waals surface area (Å²) in [4.78, 5) is 11.1. The molecule has 0 saturated carbocycles. The second kappa shape index (κ2) is 5.66. The lowest BCUT2D eigenvalue weighted by Crippen LogP contribution is -2.28. The van der Waals surface area contributed by atoms with Crippen molar-refractivity contribution in [1.82, 2.24) is 5.32 Å². The molecule has 0 aliphatic heterocycles. The van der Waals surface area contributed by atoms with Crippen molar-refractivity contribution in [2.24, 2.45) is 0 Å². The maximum Gasteiger partial charge on any atom is 0.257 e. The smallest absolute Gasteiger partial charge is 0.257 e. The van der Waals surface area contributed by atoms with Gasteiger partial charge in [-0.3, -0.25) is 4.79 Å². The first-order valence-corrected chi connectivity index (χ1v) is 4.66. The highest BCUT2D eigenvalue weighted by molar-refractivity contribution is 5.77. The number of carbonyl (C=O) groups is 1. The van der Waals surface area contributed by atoms with Gasteiger partial charge < -0.3 is 10.1 Å². The molecule has 1 amide bonds. The van der Waals surface area contributed by atoms with Crippen molar-refractivity contribution in [1.29, 1.82) is 5.26 Å². The molecule has 0 bridgehead atoms. The summed E-state index contributed by atoms with van der Waals surface area (Å²) >= 11 is 0. The Morgan fingerprint density at radius 1 is 1.47 bits per heavy atom. The standard InChI is InChI=1S/C11H12N2O2/c1-2-13-11(14)8-15-10-5-3-9(7-12)4-6-10/h3-6H,2,8H2,1H3,(H,13,14). The number of amides is 1. The van der Waals surface area contributed by atoms with Crippen LogP contribution < -0.4 is 10.1 Å². The van der Waals surface area contributed by atoms with Gasteiger partial charge in [-0.25, -0.2) is 0 Å². The number of nitrogens with one attached hydrogen (secondary N) is 1.